The van der Waals surface area contributed by atoms with E-state index in [0.717, 1.165) is 25.2 Å². The van der Waals surface area contributed by atoms with Gasteiger partial charge in [-0.25, -0.2) is 0 Å². The molecule has 1 aliphatic rings. The molecule has 1 saturated heterocycles. The number of anilines is 1. The fraction of sp³-hybridized carbons (Fsp3) is 0.417. The minimum absolute atomic E-state index is 0.0126. The zero-order valence-electron chi connectivity index (χ0n) is 9.53. The van der Waals surface area contributed by atoms with Crippen molar-refractivity contribution in [3.05, 3.63) is 29.3 Å². The topological polar surface area (TPSA) is 58.4 Å². The quantitative estimate of drug-likeness (QED) is 0.854. The Morgan fingerprint density at radius 1 is 1.47 bits per heavy atom. The van der Waals surface area contributed by atoms with Gasteiger partial charge in [-0.1, -0.05) is 11.6 Å². The monoisotopic (exact) mass is 253 g/mol. The molecular formula is C12H16ClN3O. The first-order valence-corrected chi connectivity index (χ1v) is 6.04. The second-order valence-electron chi connectivity index (χ2n) is 4.34. The van der Waals surface area contributed by atoms with Crippen molar-refractivity contribution in [1.82, 2.24) is 4.90 Å². The molecule has 0 spiro atoms. The molecule has 1 atom stereocenters. The summed E-state index contributed by atoms with van der Waals surface area (Å²) >= 11 is 5.77. The van der Waals surface area contributed by atoms with Crippen LogP contribution >= 0.6 is 11.6 Å². The SMILES string of the molecule is N[C@H]1CCN(CC(=O)Nc2ccc(Cl)cc2)C1. The molecular weight excluding hydrogens is 238 g/mol. The van der Waals surface area contributed by atoms with Crippen LogP contribution in [0.15, 0.2) is 24.3 Å². The number of halogens is 1. The van der Waals surface area contributed by atoms with Crippen molar-refractivity contribution in [3.63, 3.8) is 0 Å². The van der Waals surface area contributed by atoms with Crippen molar-refractivity contribution < 1.29 is 4.79 Å². The van der Waals surface area contributed by atoms with Gasteiger partial charge in [0, 0.05) is 29.8 Å². The van der Waals surface area contributed by atoms with E-state index in [1.54, 1.807) is 24.3 Å². The molecule has 1 aromatic rings. The first-order chi connectivity index (χ1) is 8.13. The Balaban J connectivity index is 1.83. The highest BCUT2D eigenvalue weighted by atomic mass is 35.5. The average Bonchev–Trinajstić information content (AvgIpc) is 2.67. The summed E-state index contributed by atoms with van der Waals surface area (Å²) in [6.07, 6.45) is 0.966. The second-order valence-corrected chi connectivity index (χ2v) is 4.78. The maximum absolute atomic E-state index is 11.7. The van der Waals surface area contributed by atoms with Crippen LogP contribution in [0.2, 0.25) is 5.02 Å². The van der Waals surface area contributed by atoms with Crippen LogP contribution in [0.3, 0.4) is 0 Å². The highest BCUT2D eigenvalue weighted by Gasteiger charge is 2.20. The molecule has 0 saturated carbocycles. The third-order valence-corrected chi connectivity index (χ3v) is 3.06. The first-order valence-electron chi connectivity index (χ1n) is 5.67. The number of benzene rings is 1. The summed E-state index contributed by atoms with van der Waals surface area (Å²) in [4.78, 5) is 13.8. The summed E-state index contributed by atoms with van der Waals surface area (Å²) in [6.45, 7) is 2.10. The zero-order valence-corrected chi connectivity index (χ0v) is 10.3. The molecule has 92 valence electrons. The predicted octanol–water partition coefficient (Wildman–Crippen LogP) is 1.31. The van der Waals surface area contributed by atoms with Gasteiger partial charge in [-0.05, 0) is 30.7 Å². The van der Waals surface area contributed by atoms with Crippen LogP contribution in [-0.2, 0) is 4.79 Å². The van der Waals surface area contributed by atoms with Crippen LogP contribution in [0.5, 0.6) is 0 Å². The number of hydrogen-bond donors (Lipinski definition) is 2. The Morgan fingerprint density at radius 3 is 2.76 bits per heavy atom. The second kappa shape index (κ2) is 5.49. The van der Waals surface area contributed by atoms with E-state index in [-0.39, 0.29) is 11.9 Å². The molecule has 1 amide bonds. The van der Waals surface area contributed by atoms with Crippen LogP contribution in [0.4, 0.5) is 5.69 Å². The Morgan fingerprint density at radius 2 is 2.18 bits per heavy atom. The van der Waals surface area contributed by atoms with Gasteiger partial charge < -0.3 is 11.1 Å². The van der Waals surface area contributed by atoms with E-state index < -0.39 is 0 Å². The predicted molar refractivity (Wildman–Crippen MR) is 69.1 cm³/mol. The number of amides is 1. The molecule has 1 heterocycles. The number of likely N-dealkylation sites (tertiary alicyclic amines) is 1. The van der Waals surface area contributed by atoms with Crippen LogP contribution in [-0.4, -0.2) is 36.5 Å². The van der Waals surface area contributed by atoms with Gasteiger partial charge in [-0.2, -0.15) is 0 Å². The highest BCUT2D eigenvalue weighted by Crippen LogP contribution is 2.13. The molecule has 1 aliphatic heterocycles. The van der Waals surface area contributed by atoms with E-state index in [4.69, 9.17) is 17.3 Å². The lowest BCUT2D eigenvalue weighted by atomic mass is 10.3. The van der Waals surface area contributed by atoms with Crippen molar-refractivity contribution in [1.29, 1.82) is 0 Å². The largest absolute Gasteiger partial charge is 0.326 e. The summed E-state index contributed by atoms with van der Waals surface area (Å²) in [5, 5.41) is 3.49. The molecule has 0 radical (unpaired) electrons. The lowest BCUT2D eigenvalue weighted by Gasteiger charge is -2.14. The first kappa shape index (κ1) is 12.4. The number of hydrogen-bond acceptors (Lipinski definition) is 3. The van der Waals surface area contributed by atoms with Crippen LogP contribution in [0.25, 0.3) is 0 Å². The minimum atomic E-state index is -0.0126. The Bertz CT molecular complexity index is 393. The van der Waals surface area contributed by atoms with Crippen LogP contribution < -0.4 is 11.1 Å². The number of carbonyl (C=O) groups excluding carboxylic acids is 1. The number of nitrogens with two attached hydrogens (primary N) is 1. The van der Waals surface area contributed by atoms with Crippen molar-refractivity contribution in [3.8, 4) is 0 Å². The van der Waals surface area contributed by atoms with E-state index >= 15 is 0 Å². The average molecular weight is 254 g/mol. The smallest absolute Gasteiger partial charge is 0.238 e. The van der Waals surface area contributed by atoms with Gasteiger partial charge in [0.25, 0.3) is 0 Å². The highest BCUT2D eigenvalue weighted by molar-refractivity contribution is 6.30. The molecule has 1 aromatic carbocycles. The standard InChI is InChI=1S/C12H16ClN3O/c13-9-1-3-11(4-2-9)15-12(17)8-16-6-5-10(14)7-16/h1-4,10H,5-8,14H2,(H,15,17)/t10-/m0/s1. The number of nitrogens with zero attached hydrogens (tertiary/aromatic N) is 1. The fourth-order valence-corrected chi connectivity index (χ4v) is 2.07. The van der Waals surface area contributed by atoms with Crippen molar-refractivity contribution in [2.75, 3.05) is 25.0 Å². The van der Waals surface area contributed by atoms with Gasteiger partial charge in [0.2, 0.25) is 5.91 Å². The molecule has 2 rings (SSSR count). The van der Waals surface area contributed by atoms with E-state index in [1.165, 1.54) is 0 Å². The lowest BCUT2D eigenvalue weighted by Crippen LogP contribution is -2.33. The van der Waals surface area contributed by atoms with E-state index in [1.807, 2.05) is 0 Å². The molecule has 1 fully saturated rings. The summed E-state index contributed by atoms with van der Waals surface area (Å²) in [6, 6.07) is 7.29. The maximum atomic E-state index is 11.7. The molecule has 4 nitrogen and oxygen atoms in total. The Hall–Kier alpha value is -1.10. The Kier molecular flexibility index (Phi) is 3.99. The van der Waals surface area contributed by atoms with Crippen molar-refractivity contribution in [2.45, 2.75) is 12.5 Å². The van der Waals surface area contributed by atoms with E-state index in [2.05, 4.69) is 10.2 Å². The van der Waals surface area contributed by atoms with Gasteiger partial charge >= 0.3 is 0 Å². The van der Waals surface area contributed by atoms with Gasteiger partial charge in [0.05, 0.1) is 6.54 Å². The van der Waals surface area contributed by atoms with Crippen molar-refractivity contribution >= 4 is 23.2 Å². The summed E-state index contributed by atoms with van der Waals surface area (Å²) in [5.41, 5.74) is 6.55. The van der Waals surface area contributed by atoms with Gasteiger partial charge in [-0.3, -0.25) is 9.69 Å². The third-order valence-electron chi connectivity index (χ3n) is 2.80. The molecule has 0 aliphatic carbocycles. The zero-order chi connectivity index (χ0) is 12.3. The van der Waals surface area contributed by atoms with E-state index in [0.29, 0.717) is 11.6 Å². The third kappa shape index (κ3) is 3.70. The van der Waals surface area contributed by atoms with Crippen LogP contribution in [0.1, 0.15) is 6.42 Å². The number of nitrogens with one attached hydrogen (secondary N) is 1. The normalized spacial score (nSPS) is 20.5. The molecule has 17 heavy (non-hydrogen) atoms. The molecule has 0 unspecified atom stereocenters. The minimum Gasteiger partial charge on any atom is -0.326 e. The van der Waals surface area contributed by atoms with Crippen LogP contribution in [0, 0.1) is 0 Å². The lowest BCUT2D eigenvalue weighted by molar-refractivity contribution is -0.117. The summed E-state index contributed by atoms with van der Waals surface area (Å²) < 4.78 is 0. The molecule has 3 N–H and O–H groups in total. The van der Waals surface area contributed by atoms with E-state index in [9.17, 15) is 4.79 Å². The fourth-order valence-electron chi connectivity index (χ4n) is 1.94. The van der Waals surface area contributed by atoms with Gasteiger partial charge in [0.15, 0.2) is 0 Å². The van der Waals surface area contributed by atoms with Crippen molar-refractivity contribution in [2.24, 2.45) is 5.73 Å². The molecule has 0 aromatic heterocycles. The molecule has 5 heteroatoms. The Labute approximate surface area is 106 Å². The summed E-state index contributed by atoms with van der Waals surface area (Å²) in [5.74, 6) is -0.0126. The number of carbonyl (C=O) groups is 1. The summed E-state index contributed by atoms with van der Waals surface area (Å²) in [7, 11) is 0. The molecule has 0 bridgehead atoms. The maximum Gasteiger partial charge on any atom is 0.238 e. The number of rotatable bonds is 3. The van der Waals surface area contributed by atoms with Gasteiger partial charge in [-0.15, -0.1) is 0 Å². The van der Waals surface area contributed by atoms with Gasteiger partial charge in [0.1, 0.15) is 0 Å².